The second kappa shape index (κ2) is 5.09. The highest BCUT2D eigenvalue weighted by Crippen LogP contribution is 2.25. The molecule has 2 rings (SSSR count). The maximum Gasteiger partial charge on any atom is 0.356 e. The largest absolute Gasteiger partial charge is 0.476 e. The minimum Gasteiger partial charge on any atom is -0.476 e. The highest BCUT2D eigenvalue weighted by atomic mass is 16.4. The van der Waals surface area contributed by atoms with Gasteiger partial charge < -0.3 is 15.5 Å². The molecule has 1 fully saturated rings. The van der Waals surface area contributed by atoms with E-state index in [0.717, 1.165) is 19.3 Å². The molecule has 0 bridgehead atoms. The quantitative estimate of drug-likeness (QED) is 0.715. The van der Waals surface area contributed by atoms with Gasteiger partial charge >= 0.3 is 5.97 Å². The molecule has 0 aliphatic heterocycles. The SMILES string of the molecule is O=C(O)c1cncc(NCC2CCCC2O)n1. The lowest BCUT2D eigenvalue weighted by Gasteiger charge is -2.15. The molecule has 0 aromatic carbocycles. The molecule has 1 aliphatic carbocycles. The van der Waals surface area contributed by atoms with Crippen LogP contribution in [-0.4, -0.2) is 38.8 Å². The molecule has 0 saturated heterocycles. The molecule has 6 heteroatoms. The van der Waals surface area contributed by atoms with Crippen molar-refractivity contribution >= 4 is 11.8 Å². The normalized spacial score (nSPS) is 23.6. The Morgan fingerprint density at radius 1 is 1.47 bits per heavy atom. The first-order chi connectivity index (χ1) is 8.16. The molecule has 1 aromatic heterocycles. The zero-order valence-electron chi connectivity index (χ0n) is 9.33. The average molecular weight is 237 g/mol. The van der Waals surface area contributed by atoms with E-state index >= 15 is 0 Å². The average Bonchev–Trinajstić information content (AvgIpc) is 2.72. The lowest BCUT2D eigenvalue weighted by atomic mass is 10.1. The van der Waals surface area contributed by atoms with Crippen LogP contribution in [0.2, 0.25) is 0 Å². The van der Waals surface area contributed by atoms with Crippen LogP contribution in [0.25, 0.3) is 0 Å². The summed E-state index contributed by atoms with van der Waals surface area (Å²) in [5.41, 5.74) is -0.0815. The zero-order chi connectivity index (χ0) is 12.3. The van der Waals surface area contributed by atoms with Crippen molar-refractivity contribution in [2.75, 3.05) is 11.9 Å². The Morgan fingerprint density at radius 3 is 2.94 bits per heavy atom. The Morgan fingerprint density at radius 2 is 2.29 bits per heavy atom. The van der Waals surface area contributed by atoms with Crippen LogP contribution in [0.1, 0.15) is 29.8 Å². The summed E-state index contributed by atoms with van der Waals surface area (Å²) in [6.45, 7) is 0.596. The number of aromatic nitrogens is 2. The van der Waals surface area contributed by atoms with Crippen molar-refractivity contribution in [2.24, 2.45) is 5.92 Å². The standard InChI is InChI=1S/C11H15N3O3/c15-9-3-1-2-7(9)4-13-10-6-12-5-8(14-10)11(16)17/h5-7,9,15H,1-4H2,(H,13,14)(H,16,17). The number of hydrogen-bond donors (Lipinski definition) is 3. The van der Waals surface area contributed by atoms with Gasteiger partial charge in [0, 0.05) is 12.5 Å². The van der Waals surface area contributed by atoms with Gasteiger partial charge in [0.1, 0.15) is 5.82 Å². The molecule has 2 atom stereocenters. The molecule has 0 spiro atoms. The number of hydrogen-bond acceptors (Lipinski definition) is 5. The van der Waals surface area contributed by atoms with Gasteiger partial charge in [0.05, 0.1) is 18.5 Å². The second-order valence-corrected chi connectivity index (χ2v) is 4.23. The topological polar surface area (TPSA) is 95.3 Å². The van der Waals surface area contributed by atoms with E-state index in [-0.39, 0.29) is 17.7 Å². The third kappa shape index (κ3) is 2.91. The third-order valence-corrected chi connectivity index (χ3v) is 3.02. The molecule has 0 radical (unpaired) electrons. The summed E-state index contributed by atoms with van der Waals surface area (Å²) in [6.07, 6.45) is 5.28. The molecule has 17 heavy (non-hydrogen) atoms. The number of carboxylic acids is 1. The summed E-state index contributed by atoms with van der Waals surface area (Å²) in [4.78, 5) is 18.4. The molecule has 3 N–H and O–H groups in total. The number of nitrogens with zero attached hydrogens (tertiary/aromatic N) is 2. The first-order valence-corrected chi connectivity index (χ1v) is 5.64. The Kier molecular flexibility index (Phi) is 3.53. The van der Waals surface area contributed by atoms with Crippen LogP contribution in [0.3, 0.4) is 0 Å². The summed E-state index contributed by atoms with van der Waals surface area (Å²) < 4.78 is 0. The van der Waals surface area contributed by atoms with E-state index in [4.69, 9.17) is 5.11 Å². The molecule has 1 aromatic rings. The van der Waals surface area contributed by atoms with Gasteiger partial charge in [-0.15, -0.1) is 0 Å². The molecule has 0 amide bonds. The smallest absolute Gasteiger partial charge is 0.356 e. The molecule has 1 aliphatic rings. The van der Waals surface area contributed by atoms with Gasteiger partial charge in [0.15, 0.2) is 5.69 Å². The molecule has 1 saturated carbocycles. The van der Waals surface area contributed by atoms with E-state index in [1.165, 1.54) is 12.4 Å². The summed E-state index contributed by atoms with van der Waals surface area (Å²) >= 11 is 0. The monoisotopic (exact) mass is 237 g/mol. The van der Waals surface area contributed by atoms with E-state index in [1.807, 2.05) is 0 Å². The highest BCUT2D eigenvalue weighted by Gasteiger charge is 2.24. The van der Waals surface area contributed by atoms with Gasteiger partial charge in [-0.2, -0.15) is 0 Å². The number of aromatic carboxylic acids is 1. The highest BCUT2D eigenvalue weighted by molar-refractivity contribution is 5.85. The fourth-order valence-electron chi connectivity index (χ4n) is 2.05. The molecule has 92 valence electrons. The van der Waals surface area contributed by atoms with Crippen LogP contribution in [0.5, 0.6) is 0 Å². The minimum absolute atomic E-state index is 0.0815. The maximum atomic E-state index is 10.7. The van der Waals surface area contributed by atoms with Crippen molar-refractivity contribution in [2.45, 2.75) is 25.4 Å². The van der Waals surface area contributed by atoms with Crippen molar-refractivity contribution in [1.82, 2.24) is 9.97 Å². The van der Waals surface area contributed by atoms with Crippen molar-refractivity contribution in [3.05, 3.63) is 18.1 Å². The Balaban J connectivity index is 1.94. The van der Waals surface area contributed by atoms with E-state index in [9.17, 15) is 9.90 Å². The summed E-state index contributed by atoms with van der Waals surface area (Å²) in [5, 5.41) is 21.4. The molecule has 2 unspecified atom stereocenters. The van der Waals surface area contributed by atoms with Crippen molar-refractivity contribution < 1.29 is 15.0 Å². The Hall–Kier alpha value is -1.69. The summed E-state index contributed by atoms with van der Waals surface area (Å²) in [7, 11) is 0. The van der Waals surface area contributed by atoms with Crippen LogP contribution in [-0.2, 0) is 0 Å². The number of carboxylic acid groups (broad SMARTS) is 1. The van der Waals surface area contributed by atoms with Gasteiger partial charge in [0.2, 0.25) is 0 Å². The third-order valence-electron chi connectivity index (χ3n) is 3.02. The van der Waals surface area contributed by atoms with Gasteiger partial charge in [-0.25, -0.2) is 9.78 Å². The van der Waals surface area contributed by atoms with Crippen LogP contribution in [0.4, 0.5) is 5.82 Å². The Labute approximate surface area is 98.7 Å². The van der Waals surface area contributed by atoms with Gasteiger partial charge in [-0.05, 0) is 12.8 Å². The van der Waals surface area contributed by atoms with E-state index in [0.29, 0.717) is 12.4 Å². The number of aliphatic hydroxyl groups excluding tert-OH is 1. The number of anilines is 1. The lowest BCUT2D eigenvalue weighted by Crippen LogP contribution is -2.22. The lowest BCUT2D eigenvalue weighted by molar-refractivity contribution is 0.0690. The van der Waals surface area contributed by atoms with Crippen LogP contribution in [0.15, 0.2) is 12.4 Å². The molecular formula is C11H15N3O3. The molecular weight excluding hydrogens is 222 g/mol. The van der Waals surface area contributed by atoms with Crippen LogP contribution >= 0.6 is 0 Å². The first-order valence-electron chi connectivity index (χ1n) is 5.64. The van der Waals surface area contributed by atoms with Crippen molar-refractivity contribution in [1.29, 1.82) is 0 Å². The van der Waals surface area contributed by atoms with Gasteiger partial charge in [-0.1, -0.05) is 6.42 Å². The predicted molar refractivity (Wildman–Crippen MR) is 60.8 cm³/mol. The van der Waals surface area contributed by atoms with E-state index in [2.05, 4.69) is 15.3 Å². The van der Waals surface area contributed by atoms with E-state index < -0.39 is 5.97 Å². The Bertz CT molecular complexity index is 411. The second-order valence-electron chi connectivity index (χ2n) is 4.23. The van der Waals surface area contributed by atoms with Crippen molar-refractivity contribution in [3.63, 3.8) is 0 Å². The molecule has 1 heterocycles. The fourth-order valence-corrected chi connectivity index (χ4v) is 2.05. The predicted octanol–water partition coefficient (Wildman–Crippen LogP) is 0.748. The van der Waals surface area contributed by atoms with Gasteiger partial charge in [0.25, 0.3) is 0 Å². The van der Waals surface area contributed by atoms with Crippen molar-refractivity contribution in [3.8, 4) is 0 Å². The number of aliphatic hydroxyl groups is 1. The summed E-state index contributed by atoms with van der Waals surface area (Å²) in [6, 6.07) is 0. The van der Waals surface area contributed by atoms with Crippen LogP contribution < -0.4 is 5.32 Å². The number of rotatable bonds is 4. The maximum absolute atomic E-state index is 10.7. The summed E-state index contributed by atoms with van der Waals surface area (Å²) in [5.74, 6) is -0.448. The minimum atomic E-state index is -1.10. The first kappa shape index (κ1) is 11.8. The number of carbonyl (C=O) groups is 1. The zero-order valence-corrected chi connectivity index (χ0v) is 9.33. The van der Waals surface area contributed by atoms with E-state index in [1.54, 1.807) is 0 Å². The van der Waals surface area contributed by atoms with Gasteiger partial charge in [-0.3, -0.25) is 4.98 Å². The number of nitrogens with one attached hydrogen (secondary N) is 1. The fraction of sp³-hybridized carbons (Fsp3) is 0.545. The molecule has 6 nitrogen and oxygen atoms in total. The van der Waals surface area contributed by atoms with Crippen LogP contribution in [0, 0.1) is 5.92 Å².